The molecule has 0 aliphatic carbocycles. The van der Waals surface area contributed by atoms with Crippen LogP contribution in [0.5, 0.6) is 0 Å². The van der Waals surface area contributed by atoms with E-state index >= 15 is 0 Å². The highest BCUT2D eigenvalue weighted by Crippen LogP contribution is 2.33. The second-order valence-corrected chi connectivity index (χ2v) is 8.22. The third-order valence-corrected chi connectivity index (χ3v) is 5.34. The lowest BCUT2D eigenvalue weighted by Gasteiger charge is -1.95. The normalized spacial score (nSPS) is 10.9. The van der Waals surface area contributed by atoms with E-state index in [1.807, 2.05) is 18.2 Å². The van der Waals surface area contributed by atoms with Crippen LogP contribution in [0.1, 0.15) is 11.5 Å². The average molecular weight is 435 g/mol. The summed E-state index contributed by atoms with van der Waals surface area (Å²) in [5, 5.41) is 8.83. The van der Waals surface area contributed by atoms with Gasteiger partial charge in [0.05, 0.1) is 14.0 Å². The fraction of sp³-hybridized carbons (Fsp3) is 0.0769. The topological polar surface area (TPSA) is 38.9 Å². The van der Waals surface area contributed by atoms with Crippen LogP contribution in [0.25, 0.3) is 11.5 Å². The van der Waals surface area contributed by atoms with Crippen molar-refractivity contribution in [2.24, 2.45) is 0 Å². The monoisotopic (exact) mass is 432 g/mol. The van der Waals surface area contributed by atoms with E-state index in [4.69, 9.17) is 16.0 Å². The first kappa shape index (κ1) is 14.3. The Labute approximate surface area is 141 Å². The highest BCUT2D eigenvalue weighted by Gasteiger charge is 2.12. The van der Waals surface area contributed by atoms with Gasteiger partial charge < -0.3 is 4.42 Å². The lowest BCUT2D eigenvalue weighted by Crippen LogP contribution is -1.86. The van der Waals surface area contributed by atoms with Crippen LogP contribution >= 0.6 is 54.8 Å². The van der Waals surface area contributed by atoms with Crippen molar-refractivity contribution in [3.8, 4) is 11.5 Å². The van der Waals surface area contributed by atoms with Crippen molar-refractivity contribution in [2.75, 3.05) is 0 Å². The van der Waals surface area contributed by atoms with Gasteiger partial charge in [-0.15, -0.1) is 21.5 Å². The van der Waals surface area contributed by atoms with Crippen molar-refractivity contribution in [3.05, 3.63) is 54.4 Å². The van der Waals surface area contributed by atoms with E-state index in [-0.39, 0.29) is 0 Å². The van der Waals surface area contributed by atoms with E-state index in [1.165, 1.54) is 0 Å². The first-order valence-electron chi connectivity index (χ1n) is 5.64. The van der Waals surface area contributed by atoms with Gasteiger partial charge in [0.25, 0.3) is 0 Å². The van der Waals surface area contributed by atoms with Gasteiger partial charge in [-0.3, -0.25) is 0 Å². The van der Waals surface area contributed by atoms with Gasteiger partial charge in [0.2, 0.25) is 11.8 Å². The summed E-state index contributed by atoms with van der Waals surface area (Å²) in [6, 6.07) is 9.36. The van der Waals surface area contributed by atoms with Crippen molar-refractivity contribution in [1.29, 1.82) is 0 Å². The molecule has 3 aromatic rings. The van der Waals surface area contributed by atoms with E-state index in [2.05, 4.69) is 42.1 Å². The van der Waals surface area contributed by atoms with Gasteiger partial charge in [0.1, 0.15) is 0 Å². The molecule has 1 aromatic carbocycles. The van der Waals surface area contributed by atoms with Crippen molar-refractivity contribution in [1.82, 2.24) is 10.2 Å². The SMILES string of the molecule is Clc1ccc(-c2nnc(Cc3cc(Br)sc3Br)o2)cc1. The molecule has 0 bridgehead atoms. The molecule has 0 spiro atoms. The Morgan fingerprint density at radius 1 is 1.15 bits per heavy atom. The van der Waals surface area contributed by atoms with Crippen molar-refractivity contribution in [3.63, 3.8) is 0 Å². The molecule has 0 saturated carbocycles. The molecule has 0 N–H and O–H groups in total. The van der Waals surface area contributed by atoms with Crippen LogP contribution in [0.3, 0.4) is 0 Å². The van der Waals surface area contributed by atoms with Crippen LogP contribution in [0.4, 0.5) is 0 Å². The second-order valence-electron chi connectivity index (χ2n) is 4.03. The quantitative estimate of drug-likeness (QED) is 0.541. The Hall–Kier alpha value is -0.690. The minimum atomic E-state index is 0.502. The summed E-state index contributed by atoms with van der Waals surface area (Å²) in [5.74, 6) is 1.09. The molecule has 0 atom stereocenters. The summed E-state index contributed by atoms with van der Waals surface area (Å²) in [7, 11) is 0. The summed E-state index contributed by atoms with van der Waals surface area (Å²) in [6.45, 7) is 0. The lowest BCUT2D eigenvalue weighted by atomic mass is 10.2. The van der Waals surface area contributed by atoms with Gasteiger partial charge in [0, 0.05) is 10.6 Å². The largest absolute Gasteiger partial charge is 0.420 e. The van der Waals surface area contributed by atoms with Crippen molar-refractivity contribution < 1.29 is 4.42 Å². The molecule has 0 radical (unpaired) electrons. The van der Waals surface area contributed by atoms with E-state index < -0.39 is 0 Å². The number of halogens is 3. The van der Waals surface area contributed by atoms with Crippen LogP contribution in [0, 0.1) is 0 Å². The van der Waals surface area contributed by atoms with Crippen molar-refractivity contribution >= 4 is 54.8 Å². The Morgan fingerprint density at radius 3 is 2.55 bits per heavy atom. The fourth-order valence-electron chi connectivity index (χ4n) is 1.69. The zero-order valence-corrected chi connectivity index (χ0v) is 14.7. The van der Waals surface area contributed by atoms with Crippen LogP contribution in [0.15, 0.2) is 42.3 Å². The summed E-state index contributed by atoms with van der Waals surface area (Å²) < 4.78 is 7.81. The predicted octanol–water partition coefficient (Wildman–Crippen LogP) is 5.57. The molecule has 20 heavy (non-hydrogen) atoms. The highest BCUT2D eigenvalue weighted by atomic mass is 79.9. The number of nitrogens with zero attached hydrogens (tertiary/aromatic N) is 2. The number of benzene rings is 1. The van der Waals surface area contributed by atoms with Crippen molar-refractivity contribution in [2.45, 2.75) is 6.42 Å². The zero-order chi connectivity index (χ0) is 14.1. The van der Waals surface area contributed by atoms with Gasteiger partial charge in [-0.2, -0.15) is 0 Å². The molecule has 2 heterocycles. The van der Waals surface area contributed by atoms with Crippen LogP contribution < -0.4 is 0 Å². The minimum Gasteiger partial charge on any atom is -0.420 e. The Balaban J connectivity index is 1.83. The molecule has 0 fully saturated rings. The Bertz CT molecular complexity index is 739. The summed E-state index contributed by atoms with van der Waals surface area (Å²) in [6.07, 6.45) is 0.600. The van der Waals surface area contributed by atoms with Gasteiger partial charge in [0.15, 0.2) is 0 Å². The first-order chi connectivity index (χ1) is 9.61. The molecule has 0 aliphatic heterocycles. The first-order valence-corrected chi connectivity index (χ1v) is 8.42. The third-order valence-electron chi connectivity index (χ3n) is 2.63. The molecule has 0 saturated heterocycles. The second kappa shape index (κ2) is 5.97. The number of hydrogen-bond acceptors (Lipinski definition) is 4. The maximum absolute atomic E-state index is 5.86. The molecule has 0 aliphatic rings. The maximum Gasteiger partial charge on any atom is 0.247 e. The predicted molar refractivity (Wildman–Crippen MR) is 87.3 cm³/mol. The molecule has 3 nitrogen and oxygen atoms in total. The Kier molecular flexibility index (Phi) is 4.26. The fourth-order valence-corrected chi connectivity index (χ4v) is 4.64. The van der Waals surface area contributed by atoms with Crippen LogP contribution in [-0.4, -0.2) is 10.2 Å². The highest BCUT2D eigenvalue weighted by molar-refractivity contribution is 9.12. The van der Waals surface area contributed by atoms with Crippen LogP contribution in [-0.2, 0) is 6.42 Å². The molecule has 102 valence electrons. The lowest BCUT2D eigenvalue weighted by molar-refractivity contribution is 0.518. The molecule has 0 amide bonds. The summed E-state index contributed by atoms with van der Waals surface area (Å²) in [4.78, 5) is 0. The van der Waals surface area contributed by atoms with Gasteiger partial charge in [-0.05, 0) is 67.8 Å². The van der Waals surface area contributed by atoms with E-state index in [0.29, 0.717) is 23.2 Å². The van der Waals surface area contributed by atoms with E-state index in [0.717, 1.165) is 18.7 Å². The number of rotatable bonds is 3. The number of hydrogen-bond donors (Lipinski definition) is 0. The number of thiophene rings is 1. The van der Waals surface area contributed by atoms with Gasteiger partial charge in [-0.1, -0.05) is 11.6 Å². The molecule has 2 aromatic heterocycles. The van der Waals surface area contributed by atoms with E-state index in [1.54, 1.807) is 23.5 Å². The number of aromatic nitrogens is 2. The minimum absolute atomic E-state index is 0.502. The third kappa shape index (κ3) is 3.14. The zero-order valence-electron chi connectivity index (χ0n) is 9.94. The van der Waals surface area contributed by atoms with Gasteiger partial charge in [-0.25, -0.2) is 0 Å². The van der Waals surface area contributed by atoms with E-state index in [9.17, 15) is 0 Å². The molecule has 3 rings (SSSR count). The van der Waals surface area contributed by atoms with Crippen LogP contribution in [0.2, 0.25) is 5.02 Å². The smallest absolute Gasteiger partial charge is 0.247 e. The maximum atomic E-state index is 5.86. The van der Waals surface area contributed by atoms with Gasteiger partial charge >= 0.3 is 0 Å². The molecular weight excluding hydrogens is 427 g/mol. The standard InChI is InChI=1S/C13H7Br2ClN2OS/c14-10-5-8(12(15)20-10)6-11-17-18-13(19-11)7-1-3-9(16)4-2-7/h1-5H,6H2. The summed E-state index contributed by atoms with van der Waals surface area (Å²) in [5.41, 5.74) is 1.98. The Morgan fingerprint density at radius 2 is 1.90 bits per heavy atom. The summed E-state index contributed by atoms with van der Waals surface area (Å²) >= 11 is 14.5. The molecule has 7 heteroatoms. The molecular formula is C13H7Br2ClN2OS. The molecule has 0 unspecified atom stereocenters. The average Bonchev–Trinajstić information content (AvgIpc) is 2.98.